The maximum atomic E-state index is 7.98. The first-order chi connectivity index (χ1) is 14.1. The zero-order valence-electron chi connectivity index (χ0n) is 19.1. The van der Waals surface area contributed by atoms with Crippen molar-refractivity contribution in [2.24, 2.45) is 0 Å². The van der Waals surface area contributed by atoms with Gasteiger partial charge >= 0.3 is 0 Å². The van der Waals surface area contributed by atoms with Crippen LogP contribution in [0, 0.1) is 6.85 Å². The SMILES string of the molecule is [2H]C([2H])([2H])c1c[n+]2c(cc1C(C)C)-c1c(ccc3c1oc1nc(C(C)C)ccc13)C2. The Kier molecular flexibility index (Phi) is 2.82. The summed E-state index contributed by atoms with van der Waals surface area (Å²) in [6, 6.07) is 10.4. The highest BCUT2D eigenvalue weighted by atomic mass is 16.3. The largest absolute Gasteiger partial charge is 0.437 e. The summed E-state index contributed by atoms with van der Waals surface area (Å²) in [5, 5.41) is 2.06. The zero-order chi connectivity index (χ0) is 21.4. The van der Waals surface area contributed by atoms with Crippen LogP contribution in [0.15, 0.2) is 40.9 Å². The molecule has 3 heteroatoms. The van der Waals surface area contributed by atoms with Crippen molar-refractivity contribution in [1.82, 2.24) is 4.98 Å². The van der Waals surface area contributed by atoms with Crippen LogP contribution in [0.3, 0.4) is 0 Å². The van der Waals surface area contributed by atoms with Gasteiger partial charge in [0.15, 0.2) is 18.3 Å². The number of furan rings is 1. The van der Waals surface area contributed by atoms with Gasteiger partial charge in [0.1, 0.15) is 0 Å². The number of aromatic nitrogens is 2. The quantitative estimate of drug-likeness (QED) is 0.369. The first-order valence-corrected chi connectivity index (χ1v) is 9.58. The summed E-state index contributed by atoms with van der Waals surface area (Å²) in [4.78, 5) is 4.74. The fraction of sp³-hybridized carbons (Fsp3) is 0.333. The summed E-state index contributed by atoms with van der Waals surface area (Å²) in [6.07, 6.45) is 1.81. The van der Waals surface area contributed by atoms with Gasteiger partial charge in [-0.15, -0.1) is 0 Å². The molecule has 4 aromatic rings. The van der Waals surface area contributed by atoms with E-state index in [1.165, 1.54) is 0 Å². The van der Waals surface area contributed by atoms with E-state index < -0.39 is 6.85 Å². The second-order valence-electron chi connectivity index (χ2n) is 8.13. The predicted octanol–water partition coefficient (Wildman–Crippen LogP) is 5.85. The third-order valence-corrected chi connectivity index (χ3v) is 5.62. The lowest BCUT2D eigenvalue weighted by molar-refractivity contribution is -0.672. The number of nitrogens with zero attached hydrogens (tertiary/aromatic N) is 2. The molecule has 0 atom stereocenters. The first-order valence-electron chi connectivity index (χ1n) is 11.1. The topological polar surface area (TPSA) is 29.9 Å². The van der Waals surface area contributed by atoms with Gasteiger partial charge in [0.25, 0.3) is 0 Å². The fourth-order valence-electron chi connectivity index (χ4n) is 4.13. The minimum Gasteiger partial charge on any atom is -0.437 e. The normalized spacial score (nSPS) is 15.3. The monoisotopic (exact) mass is 360 g/mol. The van der Waals surface area contributed by atoms with Crippen molar-refractivity contribution in [1.29, 1.82) is 0 Å². The third-order valence-electron chi connectivity index (χ3n) is 5.62. The zero-order valence-corrected chi connectivity index (χ0v) is 16.1. The molecule has 0 bridgehead atoms. The van der Waals surface area contributed by atoms with Crippen LogP contribution >= 0.6 is 0 Å². The molecular weight excluding hydrogens is 332 g/mol. The number of aryl methyl sites for hydroxylation is 1. The van der Waals surface area contributed by atoms with Gasteiger partial charge < -0.3 is 4.42 Å². The highest BCUT2D eigenvalue weighted by Crippen LogP contribution is 2.40. The van der Waals surface area contributed by atoms with Gasteiger partial charge in [0.05, 0.1) is 5.56 Å². The Hall–Kier alpha value is -2.68. The Morgan fingerprint density at radius 3 is 2.63 bits per heavy atom. The Bertz CT molecular complexity index is 1320. The lowest BCUT2D eigenvalue weighted by Gasteiger charge is -2.08. The number of pyridine rings is 2. The Balaban J connectivity index is 1.79. The standard InChI is InChI=1S/C24H25N2O/c1-13(2)19-10-21-22-16(12-26(21)11-15(19)5)6-7-17-18-8-9-20(14(3)4)25-24(18)27-23(17)22/h6-11,13-14H,12H2,1-5H3/q+1/i5D3. The van der Waals surface area contributed by atoms with Crippen LogP contribution in [0.2, 0.25) is 0 Å². The van der Waals surface area contributed by atoms with Crippen molar-refractivity contribution >= 4 is 22.1 Å². The van der Waals surface area contributed by atoms with E-state index in [1.807, 2.05) is 24.5 Å². The fourth-order valence-corrected chi connectivity index (χ4v) is 4.13. The Morgan fingerprint density at radius 1 is 1.07 bits per heavy atom. The first kappa shape index (κ1) is 13.5. The summed E-state index contributed by atoms with van der Waals surface area (Å²) in [7, 11) is 0. The summed E-state index contributed by atoms with van der Waals surface area (Å²) >= 11 is 0. The van der Waals surface area contributed by atoms with Crippen molar-refractivity contribution in [3.63, 3.8) is 0 Å². The minimum absolute atomic E-state index is 0.112. The van der Waals surface area contributed by atoms with Crippen molar-refractivity contribution < 1.29 is 13.1 Å². The van der Waals surface area contributed by atoms with Crippen LogP contribution in [0.25, 0.3) is 33.3 Å². The smallest absolute Gasteiger partial charge is 0.227 e. The number of hydrogen-bond acceptors (Lipinski definition) is 2. The molecule has 0 amide bonds. The molecule has 1 aliphatic rings. The second kappa shape index (κ2) is 5.66. The minimum atomic E-state index is -2.14. The van der Waals surface area contributed by atoms with E-state index in [4.69, 9.17) is 13.5 Å². The summed E-state index contributed by atoms with van der Waals surface area (Å²) in [6.45, 7) is 6.83. The van der Waals surface area contributed by atoms with Crippen LogP contribution in [0.5, 0.6) is 0 Å². The molecule has 0 spiro atoms. The number of fused-ring (bicyclic) bond motifs is 7. The van der Waals surface area contributed by atoms with Crippen LogP contribution in [-0.4, -0.2) is 4.98 Å². The molecule has 5 rings (SSSR count). The molecule has 0 radical (unpaired) electrons. The van der Waals surface area contributed by atoms with Crippen LogP contribution in [0.4, 0.5) is 0 Å². The average molecular weight is 360 g/mol. The summed E-state index contributed by atoms with van der Waals surface area (Å²) in [5.74, 6) is 0.442. The molecule has 0 N–H and O–H groups in total. The van der Waals surface area contributed by atoms with Gasteiger partial charge in [0, 0.05) is 37.8 Å². The average Bonchev–Trinajstić information content (AvgIpc) is 3.22. The van der Waals surface area contributed by atoms with Gasteiger partial charge in [-0.1, -0.05) is 33.8 Å². The maximum Gasteiger partial charge on any atom is 0.227 e. The highest BCUT2D eigenvalue weighted by Gasteiger charge is 2.32. The van der Waals surface area contributed by atoms with Crippen molar-refractivity contribution in [3.8, 4) is 11.3 Å². The molecule has 1 aliphatic heterocycles. The molecule has 4 heterocycles. The van der Waals surface area contributed by atoms with Gasteiger partial charge in [0.2, 0.25) is 11.4 Å². The molecular formula is C24H25N2O+. The van der Waals surface area contributed by atoms with Crippen molar-refractivity contribution in [2.75, 3.05) is 0 Å². The van der Waals surface area contributed by atoms with Crippen molar-refractivity contribution in [2.45, 2.75) is 52.9 Å². The third kappa shape index (κ3) is 2.34. The van der Waals surface area contributed by atoms with Crippen LogP contribution in [-0.2, 0) is 6.54 Å². The molecule has 0 unspecified atom stereocenters. The van der Waals surface area contributed by atoms with Crippen molar-refractivity contribution in [3.05, 3.63) is 58.9 Å². The molecule has 27 heavy (non-hydrogen) atoms. The van der Waals surface area contributed by atoms with E-state index >= 15 is 0 Å². The molecule has 0 fully saturated rings. The summed E-state index contributed by atoms with van der Waals surface area (Å²) < 4.78 is 32.3. The lowest BCUT2D eigenvalue weighted by Crippen LogP contribution is -2.32. The van der Waals surface area contributed by atoms with Gasteiger partial charge in [-0.05, 0) is 42.5 Å². The van der Waals surface area contributed by atoms with E-state index in [0.29, 0.717) is 23.7 Å². The number of rotatable bonds is 2. The Morgan fingerprint density at radius 2 is 1.89 bits per heavy atom. The molecule has 3 nitrogen and oxygen atoms in total. The van der Waals surface area contributed by atoms with E-state index in [9.17, 15) is 0 Å². The van der Waals surface area contributed by atoms with E-state index in [1.54, 1.807) is 6.20 Å². The van der Waals surface area contributed by atoms with Gasteiger partial charge in [-0.25, -0.2) is 4.98 Å². The van der Waals surface area contributed by atoms with E-state index in [-0.39, 0.29) is 5.92 Å². The number of benzene rings is 1. The molecule has 0 saturated heterocycles. The molecule has 0 saturated carbocycles. The Labute approximate surface area is 163 Å². The maximum absolute atomic E-state index is 7.98. The molecule has 3 aromatic heterocycles. The van der Waals surface area contributed by atoms with Crippen LogP contribution in [0.1, 0.15) is 66.0 Å². The molecule has 1 aromatic carbocycles. The van der Waals surface area contributed by atoms with Gasteiger partial charge in [-0.2, -0.15) is 4.57 Å². The van der Waals surface area contributed by atoms with E-state index in [0.717, 1.165) is 44.4 Å². The van der Waals surface area contributed by atoms with Crippen LogP contribution < -0.4 is 4.57 Å². The van der Waals surface area contributed by atoms with E-state index in [2.05, 4.69) is 38.1 Å². The summed E-state index contributed by atoms with van der Waals surface area (Å²) in [5.41, 5.74) is 7.00. The predicted molar refractivity (Wildman–Crippen MR) is 109 cm³/mol. The second-order valence-corrected chi connectivity index (χ2v) is 8.13. The van der Waals surface area contributed by atoms with Gasteiger partial charge in [-0.3, -0.25) is 0 Å². The highest BCUT2D eigenvalue weighted by molar-refractivity contribution is 6.09. The lowest BCUT2D eigenvalue weighted by atomic mass is 9.96. The number of hydrogen-bond donors (Lipinski definition) is 0. The molecule has 136 valence electrons. The molecule has 0 aliphatic carbocycles.